The van der Waals surface area contributed by atoms with Crippen molar-refractivity contribution in [1.82, 2.24) is 15.6 Å². The van der Waals surface area contributed by atoms with Crippen LogP contribution in [0.5, 0.6) is 0 Å². The summed E-state index contributed by atoms with van der Waals surface area (Å²) in [6, 6.07) is 3.90. The number of hydrogen-bond donors (Lipinski definition) is 2. The van der Waals surface area contributed by atoms with E-state index in [4.69, 9.17) is 0 Å². The Bertz CT molecular complexity index is 528. The lowest BCUT2D eigenvalue weighted by molar-refractivity contribution is 0.0958. The fourth-order valence-electron chi connectivity index (χ4n) is 3.70. The van der Waals surface area contributed by atoms with Crippen LogP contribution in [0.1, 0.15) is 24.3 Å². The summed E-state index contributed by atoms with van der Waals surface area (Å²) in [5.74, 6) is 1.23. The predicted octanol–water partition coefficient (Wildman–Crippen LogP) is 0.875. The van der Waals surface area contributed by atoms with E-state index in [1.54, 1.807) is 13.2 Å². The van der Waals surface area contributed by atoms with E-state index in [1.807, 2.05) is 12.1 Å². The van der Waals surface area contributed by atoms with Crippen molar-refractivity contribution in [2.24, 2.45) is 11.8 Å². The van der Waals surface area contributed by atoms with Gasteiger partial charge < -0.3 is 15.5 Å². The zero-order chi connectivity index (χ0) is 14.3. The molecule has 3 heterocycles. The first-order chi connectivity index (χ1) is 9.54. The highest BCUT2D eigenvalue weighted by Crippen LogP contribution is 2.43. The van der Waals surface area contributed by atoms with E-state index in [2.05, 4.69) is 34.4 Å². The molecule has 3 rings (SSSR count). The van der Waals surface area contributed by atoms with Crippen LogP contribution in [0.15, 0.2) is 18.3 Å². The summed E-state index contributed by atoms with van der Waals surface area (Å²) >= 11 is 0. The number of hydrogen-bond acceptors (Lipinski definition) is 4. The van der Waals surface area contributed by atoms with Crippen molar-refractivity contribution in [2.45, 2.75) is 19.4 Å². The summed E-state index contributed by atoms with van der Waals surface area (Å²) in [6.45, 7) is 7.82. The number of carbonyl (C=O) groups is 1. The van der Waals surface area contributed by atoms with E-state index in [9.17, 15) is 4.79 Å². The molecule has 2 aliphatic heterocycles. The van der Waals surface area contributed by atoms with Gasteiger partial charge in [-0.2, -0.15) is 0 Å². The Morgan fingerprint density at radius 2 is 2.30 bits per heavy atom. The first-order valence-corrected chi connectivity index (χ1v) is 7.20. The molecule has 2 atom stereocenters. The topological polar surface area (TPSA) is 57.3 Å². The molecule has 5 heteroatoms. The lowest BCUT2D eigenvalue weighted by atomic mass is 9.85. The zero-order valence-corrected chi connectivity index (χ0v) is 12.3. The van der Waals surface area contributed by atoms with E-state index in [1.165, 1.54) is 0 Å². The van der Waals surface area contributed by atoms with Crippen molar-refractivity contribution >= 4 is 11.6 Å². The fourth-order valence-corrected chi connectivity index (χ4v) is 3.70. The smallest absolute Gasteiger partial charge is 0.269 e. The quantitative estimate of drug-likeness (QED) is 0.840. The molecule has 1 aromatic rings. The van der Waals surface area contributed by atoms with E-state index < -0.39 is 0 Å². The second kappa shape index (κ2) is 4.74. The Morgan fingerprint density at radius 1 is 1.50 bits per heavy atom. The van der Waals surface area contributed by atoms with Crippen LogP contribution >= 0.6 is 0 Å². The first kappa shape index (κ1) is 13.4. The Balaban J connectivity index is 1.92. The molecule has 0 radical (unpaired) electrons. The number of aromatic nitrogens is 1. The molecule has 0 aromatic carbocycles. The van der Waals surface area contributed by atoms with Gasteiger partial charge in [-0.3, -0.25) is 9.78 Å². The van der Waals surface area contributed by atoms with Gasteiger partial charge in [-0.1, -0.05) is 0 Å². The molecule has 0 saturated carbocycles. The number of rotatable bonds is 2. The number of nitrogens with one attached hydrogen (secondary N) is 2. The molecule has 2 aliphatic rings. The molecule has 20 heavy (non-hydrogen) atoms. The molecule has 1 aromatic heterocycles. The largest absolute Gasteiger partial charge is 0.366 e. The third kappa shape index (κ3) is 1.97. The normalized spacial score (nSPS) is 27.4. The highest BCUT2D eigenvalue weighted by molar-refractivity contribution is 5.92. The van der Waals surface area contributed by atoms with Crippen LogP contribution in [-0.2, 0) is 0 Å². The van der Waals surface area contributed by atoms with Gasteiger partial charge in [-0.15, -0.1) is 0 Å². The number of fused-ring (bicyclic) bond motifs is 1. The minimum atomic E-state index is -0.134. The summed E-state index contributed by atoms with van der Waals surface area (Å²) in [6.07, 6.45) is 1.72. The maximum Gasteiger partial charge on any atom is 0.269 e. The SMILES string of the molecule is CNC(=O)c1cc(N2CC3CNCC3C2(C)C)ccn1. The summed E-state index contributed by atoms with van der Waals surface area (Å²) in [4.78, 5) is 18.3. The Hall–Kier alpha value is -1.62. The molecular formula is C15H22N4O. The van der Waals surface area contributed by atoms with Crippen LogP contribution in [-0.4, -0.2) is 43.1 Å². The van der Waals surface area contributed by atoms with Crippen LogP contribution in [0, 0.1) is 11.8 Å². The van der Waals surface area contributed by atoms with E-state index in [0.29, 0.717) is 17.5 Å². The van der Waals surface area contributed by atoms with E-state index in [0.717, 1.165) is 25.3 Å². The van der Waals surface area contributed by atoms with Gasteiger partial charge in [0.1, 0.15) is 5.69 Å². The molecule has 2 unspecified atom stereocenters. The van der Waals surface area contributed by atoms with Crippen molar-refractivity contribution in [3.8, 4) is 0 Å². The second-order valence-electron chi connectivity index (χ2n) is 6.27. The van der Waals surface area contributed by atoms with E-state index in [-0.39, 0.29) is 11.4 Å². The van der Waals surface area contributed by atoms with Crippen molar-refractivity contribution in [3.05, 3.63) is 24.0 Å². The maximum absolute atomic E-state index is 11.7. The first-order valence-electron chi connectivity index (χ1n) is 7.20. The molecule has 5 nitrogen and oxygen atoms in total. The third-order valence-electron chi connectivity index (χ3n) is 4.87. The molecule has 0 spiro atoms. The lowest BCUT2D eigenvalue weighted by Gasteiger charge is -2.37. The highest BCUT2D eigenvalue weighted by atomic mass is 16.1. The van der Waals surface area contributed by atoms with Crippen molar-refractivity contribution in [1.29, 1.82) is 0 Å². The lowest BCUT2D eigenvalue weighted by Crippen LogP contribution is -2.44. The molecule has 108 valence electrons. The van der Waals surface area contributed by atoms with Crippen LogP contribution in [0.3, 0.4) is 0 Å². The zero-order valence-electron chi connectivity index (χ0n) is 12.3. The minimum Gasteiger partial charge on any atom is -0.366 e. The van der Waals surface area contributed by atoms with Gasteiger partial charge >= 0.3 is 0 Å². The molecule has 0 aliphatic carbocycles. The summed E-state index contributed by atoms with van der Waals surface area (Å²) in [5.41, 5.74) is 1.68. The summed E-state index contributed by atoms with van der Waals surface area (Å²) in [7, 11) is 1.63. The van der Waals surface area contributed by atoms with Crippen LogP contribution in [0.2, 0.25) is 0 Å². The Labute approximate surface area is 119 Å². The molecule has 2 saturated heterocycles. The second-order valence-corrected chi connectivity index (χ2v) is 6.27. The summed E-state index contributed by atoms with van der Waals surface area (Å²) < 4.78 is 0. The maximum atomic E-state index is 11.7. The number of nitrogens with zero attached hydrogens (tertiary/aromatic N) is 2. The number of anilines is 1. The van der Waals surface area contributed by atoms with Gasteiger partial charge in [0.05, 0.1) is 0 Å². The van der Waals surface area contributed by atoms with Crippen LogP contribution < -0.4 is 15.5 Å². The van der Waals surface area contributed by atoms with Crippen LogP contribution in [0.25, 0.3) is 0 Å². The molecule has 1 amide bonds. The number of amides is 1. The standard InChI is InChI=1S/C15H22N4O/c1-15(2)12-8-17-7-10(12)9-19(15)11-4-5-18-13(6-11)14(20)16-3/h4-6,10,12,17H,7-9H2,1-3H3,(H,16,20). The predicted molar refractivity (Wildman–Crippen MR) is 78.9 cm³/mol. The van der Waals surface area contributed by atoms with Crippen molar-refractivity contribution in [2.75, 3.05) is 31.6 Å². The Morgan fingerprint density at radius 3 is 3.00 bits per heavy atom. The highest BCUT2D eigenvalue weighted by Gasteiger charge is 2.49. The monoisotopic (exact) mass is 274 g/mol. The minimum absolute atomic E-state index is 0.107. The molecule has 0 bridgehead atoms. The Kier molecular flexibility index (Phi) is 3.17. The number of carbonyl (C=O) groups excluding carboxylic acids is 1. The number of pyridine rings is 1. The van der Waals surface area contributed by atoms with Gasteiger partial charge in [0.25, 0.3) is 5.91 Å². The molecule has 2 fully saturated rings. The van der Waals surface area contributed by atoms with Gasteiger partial charge in [0, 0.05) is 44.1 Å². The van der Waals surface area contributed by atoms with Gasteiger partial charge in [0.15, 0.2) is 0 Å². The van der Waals surface area contributed by atoms with Crippen molar-refractivity contribution < 1.29 is 4.79 Å². The average molecular weight is 274 g/mol. The third-order valence-corrected chi connectivity index (χ3v) is 4.87. The average Bonchev–Trinajstić information content (AvgIpc) is 3.00. The fraction of sp³-hybridized carbons (Fsp3) is 0.600. The van der Waals surface area contributed by atoms with Crippen molar-refractivity contribution in [3.63, 3.8) is 0 Å². The molecule has 2 N–H and O–H groups in total. The van der Waals surface area contributed by atoms with E-state index >= 15 is 0 Å². The summed E-state index contributed by atoms with van der Waals surface area (Å²) in [5, 5.41) is 6.12. The van der Waals surface area contributed by atoms with Gasteiger partial charge in [-0.25, -0.2) is 0 Å². The van der Waals surface area contributed by atoms with Gasteiger partial charge in [-0.05, 0) is 37.8 Å². The molecular weight excluding hydrogens is 252 g/mol. The van der Waals surface area contributed by atoms with Gasteiger partial charge in [0.2, 0.25) is 0 Å². The van der Waals surface area contributed by atoms with Crippen LogP contribution in [0.4, 0.5) is 5.69 Å².